The van der Waals surface area contributed by atoms with Crippen molar-refractivity contribution < 1.29 is 19.0 Å². The predicted molar refractivity (Wildman–Crippen MR) is 97.9 cm³/mol. The number of hydrazone groups is 1. The SMILES string of the molecule is CC1(CC(=O)N/N=C\c2cccc(OCc3ccccc3)c2)OCCO1. The van der Waals surface area contributed by atoms with E-state index in [1.165, 1.54) is 0 Å². The van der Waals surface area contributed by atoms with Crippen molar-refractivity contribution in [3.8, 4) is 5.75 Å². The van der Waals surface area contributed by atoms with Gasteiger partial charge >= 0.3 is 0 Å². The topological polar surface area (TPSA) is 69.2 Å². The molecule has 6 nitrogen and oxygen atoms in total. The quantitative estimate of drug-likeness (QED) is 0.613. The molecule has 1 N–H and O–H groups in total. The average molecular weight is 354 g/mol. The summed E-state index contributed by atoms with van der Waals surface area (Å²) in [5.74, 6) is -0.378. The van der Waals surface area contributed by atoms with Gasteiger partial charge in [0.2, 0.25) is 5.91 Å². The van der Waals surface area contributed by atoms with Gasteiger partial charge in [-0.3, -0.25) is 4.79 Å². The first-order chi connectivity index (χ1) is 12.6. The monoisotopic (exact) mass is 354 g/mol. The molecule has 0 atom stereocenters. The molecule has 6 heteroatoms. The maximum absolute atomic E-state index is 11.9. The molecule has 136 valence electrons. The first kappa shape index (κ1) is 18.1. The van der Waals surface area contributed by atoms with E-state index >= 15 is 0 Å². The molecule has 1 saturated heterocycles. The molecule has 0 saturated carbocycles. The predicted octanol–water partition coefficient (Wildman–Crippen LogP) is 2.87. The van der Waals surface area contributed by atoms with Gasteiger partial charge in [-0.25, -0.2) is 5.43 Å². The van der Waals surface area contributed by atoms with Crippen molar-refractivity contribution in [3.63, 3.8) is 0 Å². The Bertz CT molecular complexity index is 755. The Hall–Kier alpha value is -2.70. The van der Waals surface area contributed by atoms with E-state index in [2.05, 4.69) is 10.5 Å². The highest BCUT2D eigenvalue weighted by molar-refractivity contribution is 5.83. The van der Waals surface area contributed by atoms with Crippen LogP contribution in [0, 0.1) is 0 Å². The Morgan fingerprint density at radius 2 is 1.96 bits per heavy atom. The summed E-state index contributed by atoms with van der Waals surface area (Å²) in [5.41, 5.74) is 4.42. The van der Waals surface area contributed by atoms with Crippen LogP contribution in [0.1, 0.15) is 24.5 Å². The number of carbonyl (C=O) groups is 1. The number of ether oxygens (including phenoxy) is 3. The van der Waals surface area contributed by atoms with E-state index in [1.54, 1.807) is 13.1 Å². The molecule has 1 amide bonds. The van der Waals surface area contributed by atoms with Gasteiger partial charge in [-0.1, -0.05) is 42.5 Å². The fourth-order valence-electron chi connectivity index (χ4n) is 2.59. The fourth-order valence-corrected chi connectivity index (χ4v) is 2.59. The van der Waals surface area contributed by atoms with E-state index < -0.39 is 5.79 Å². The number of benzene rings is 2. The Kier molecular flexibility index (Phi) is 5.99. The summed E-state index contributed by atoms with van der Waals surface area (Å²) in [4.78, 5) is 11.9. The van der Waals surface area contributed by atoms with Gasteiger partial charge in [0.15, 0.2) is 5.79 Å². The van der Waals surface area contributed by atoms with Crippen molar-refractivity contribution in [1.29, 1.82) is 0 Å². The molecule has 0 spiro atoms. The van der Waals surface area contributed by atoms with E-state index in [9.17, 15) is 4.79 Å². The Morgan fingerprint density at radius 1 is 1.19 bits per heavy atom. The van der Waals surface area contributed by atoms with Gasteiger partial charge in [0.05, 0.1) is 25.8 Å². The fraction of sp³-hybridized carbons (Fsp3) is 0.300. The number of hydrogen-bond donors (Lipinski definition) is 1. The average Bonchev–Trinajstić information content (AvgIpc) is 3.07. The zero-order valence-corrected chi connectivity index (χ0v) is 14.7. The van der Waals surface area contributed by atoms with E-state index in [1.807, 2.05) is 54.6 Å². The highest BCUT2D eigenvalue weighted by atomic mass is 16.7. The zero-order chi connectivity index (χ0) is 18.2. The molecular weight excluding hydrogens is 332 g/mol. The summed E-state index contributed by atoms with van der Waals surface area (Å²) in [5, 5.41) is 3.98. The van der Waals surface area contributed by atoms with Gasteiger partial charge in [0.1, 0.15) is 12.4 Å². The van der Waals surface area contributed by atoms with Crippen molar-refractivity contribution in [2.24, 2.45) is 5.10 Å². The third-order valence-corrected chi connectivity index (χ3v) is 3.89. The van der Waals surface area contributed by atoms with Crippen LogP contribution in [0.4, 0.5) is 0 Å². The zero-order valence-electron chi connectivity index (χ0n) is 14.7. The molecule has 0 radical (unpaired) electrons. The van der Waals surface area contributed by atoms with Crippen molar-refractivity contribution in [2.45, 2.75) is 25.7 Å². The van der Waals surface area contributed by atoms with E-state index in [4.69, 9.17) is 14.2 Å². The number of carbonyl (C=O) groups excluding carboxylic acids is 1. The van der Waals surface area contributed by atoms with E-state index in [0.29, 0.717) is 19.8 Å². The first-order valence-corrected chi connectivity index (χ1v) is 8.50. The van der Waals surface area contributed by atoms with Gasteiger partial charge in [0, 0.05) is 0 Å². The number of nitrogens with zero attached hydrogens (tertiary/aromatic N) is 1. The Labute approximate surface area is 152 Å². The summed E-state index contributed by atoms with van der Waals surface area (Å²) >= 11 is 0. The van der Waals surface area contributed by atoms with Gasteiger partial charge in [-0.15, -0.1) is 0 Å². The highest BCUT2D eigenvalue weighted by Gasteiger charge is 2.33. The second-order valence-corrected chi connectivity index (χ2v) is 6.15. The molecule has 1 fully saturated rings. The lowest BCUT2D eigenvalue weighted by Gasteiger charge is -2.20. The molecular formula is C20H22N2O4. The standard InChI is InChI=1S/C20H22N2O4/c1-20(25-10-11-26-20)13-19(23)22-21-14-17-8-5-9-18(12-17)24-15-16-6-3-2-4-7-16/h2-9,12,14H,10-11,13,15H2,1H3,(H,22,23)/b21-14-. The van der Waals surface area contributed by atoms with Crippen LogP contribution in [0.25, 0.3) is 0 Å². The minimum Gasteiger partial charge on any atom is -0.489 e. The molecule has 2 aromatic carbocycles. The maximum Gasteiger partial charge on any atom is 0.245 e. The Balaban J connectivity index is 1.49. The van der Waals surface area contributed by atoms with Crippen LogP contribution in [-0.2, 0) is 20.9 Å². The van der Waals surface area contributed by atoms with Crippen molar-refractivity contribution in [2.75, 3.05) is 13.2 Å². The highest BCUT2D eigenvalue weighted by Crippen LogP contribution is 2.22. The second kappa shape index (κ2) is 8.60. The summed E-state index contributed by atoms with van der Waals surface area (Å²) in [6.45, 7) is 3.25. The van der Waals surface area contributed by atoms with Crippen LogP contribution in [0.15, 0.2) is 59.7 Å². The number of rotatable bonds is 7. The van der Waals surface area contributed by atoms with E-state index in [-0.39, 0.29) is 12.3 Å². The van der Waals surface area contributed by atoms with Crippen LogP contribution in [0.2, 0.25) is 0 Å². The molecule has 3 rings (SSSR count). The molecule has 0 aromatic heterocycles. The second-order valence-electron chi connectivity index (χ2n) is 6.15. The van der Waals surface area contributed by atoms with Crippen molar-refractivity contribution >= 4 is 12.1 Å². The third-order valence-electron chi connectivity index (χ3n) is 3.89. The number of hydrogen-bond acceptors (Lipinski definition) is 5. The summed E-state index contributed by atoms with van der Waals surface area (Å²) in [7, 11) is 0. The normalized spacial score (nSPS) is 15.9. The molecule has 0 unspecified atom stereocenters. The van der Waals surface area contributed by atoms with Gasteiger partial charge in [-0.05, 0) is 30.2 Å². The molecule has 1 heterocycles. The number of amides is 1. The largest absolute Gasteiger partial charge is 0.489 e. The summed E-state index contributed by atoms with van der Waals surface area (Å²) in [6, 6.07) is 17.5. The smallest absolute Gasteiger partial charge is 0.245 e. The van der Waals surface area contributed by atoms with Gasteiger partial charge in [-0.2, -0.15) is 5.10 Å². The Morgan fingerprint density at radius 3 is 2.73 bits per heavy atom. The molecule has 1 aliphatic heterocycles. The summed E-state index contributed by atoms with van der Waals surface area (Å²) < 4.78 is 16.6. The van der Waals surface area contributed by atoms with Crippen LogP contribution in [-0.4, -0.2) is 31.1 Å². The lowest BCUT2D eigenvalue weighted by atomic mass is 10.2. The lowest BCUT2D eigenvalue weighted by Crippen LogP contribution is -2.33. The molecule has 0 bridgehead atoms. The number of nitrogens with one attached hydrogen (secondary N) is 1. The first-order valence-electron chi connectivity index (χ1n) is 8.50. The van der Waals surface area contributed by atoms with Crippen molar-refractivity contribution in [1.82, 2.24) is 5.43 Å². The van der Waals surface area contributed by atoms with Gasteiger partial charge < -0.3 is 14.2 Å². The molecule has 26 heavy (non-hydrogen) atoms. The molecule has 1 aliphatic rings. The van der Waals surface area contributed by atoms with Crippen LogP contribution in [0.5, 0.6) is 5.75 Å². The van der Waals surface area contributed by atoms with Gasteiger partial charge in [0.25, 0.3) is 0 Å². The van der Waals surface area contributed by atoms with Crippen LogP contribution < -0.4 is 10.2 Å². The van der Waals surface area contributed by atoms with Crippen LogP contribution >= 0.6 is 0 Å². The van der Waals surface area contributed by atoms with Crippen LogP contribution in [0.3, 0.4) is 0 Å². The van der Waals surface area contributed by atoms with Crippen molar-refractivity contribution in [3.05, 3.63) is 65.7 Å². The maximum atomic E-state index is 11.9. The third kappa shape index (κ3) is 5.40. The minimum absolute atomic E-state index is 0.102. The molecule has 0 aliphatic carbocycles. The lowest BCUT2D eigenvalue weighted by molar-refractivity contribution is -0.159. The molecule has 2 aromatic rings. The van der Waals surface area contributed by atoms with E-state index in [0.717, 1.165) is 16.9 Å². The summed E-state index contributed by atoms with van der Waals surface area (Å²) in [6.07, 6.45) is 1.68. The minimum atomic E-state index is -0.856.